The zero-order valence-electron chi connectivity index (χ0n) is 11.4. The Bertz CT molecular complexity index is 816. The number of hydrogen-bond donors (Lipinski definition) is 2. The van der Waals surface area contributed by atoms with Gasteiger partial charge in [0.1, 0.15) is 5.82 Å². The lowest BCUT2D eigenvalue weighted by atomic mass is 10.1. The molecule has 0 unspecified atom stereocenters. The monoisotopic (exact) mass is 274 g/mol. The van der Waals surface area contributed by atoms with Gasteiger partial charge >= 0.3 is 0 Å². The van der Waals surface area contributed by atoms with Gasteiger partial charge in [0, 0.05) is 16.8 Å². The summed E-state index contributed by atoms with van der Waals surface area (Å²) in [4.78, 5) is 4.55. The minimum atomic E-state index is 0.427. The van der Waals surface area contributed by atoms with E-state index in [1.165, 1.54) is 0 Å². The highest BCUT2D eigenvalue weighted by Gasteiger charge is 2.00. The number of nitrogens with one attached hydrogen (secondary N) is 1. The lowest BCUT2D eigenvalue weighted by Gasteiger charge is -2.07. The first-order valence-electron chi connectivity index (χ1n) is 6.64. The molecule has 0 amide bonds. The highest BCUT2D eigenvalue weighted by atomic mass is 15.0. The maximum atomic E-state index is 8.66. The summed E-state index contributed by atoms with van der Waals surface area (Å²) in [6.07, 6.45) is 0.427. The number of rotatable bonds is 3. The van der Waals surface area contributed by atoms with Crippen LogP contribution in [-0.4, -0.2) is 4.98 Å². The lowest BCUT2D eigenvalue weighted by molar-refractivity contribution is 1.26. The first-order valence-corrected chi connectivity index (χ1v) is 6.64. The molecule has 0 saturated carbocycles. The fourth-order valence-electron chi connectivity index (χ4n) is 2.16. The predicted octanol–water partition coefficient (Wildman–Crippen LogP) is 3.63. The fraction of sp³-hybridized carbons (Fsp3) is 0.0588. The van der Waals surface area contributed by atoms with Crippen molar-refractivity contribution in [3.8, 4) is 6.07 Å². The summed E-state index contributed by atoms with van der Waals surface area (Å²) >= 11 is 0. The Labute approximate surface area is 122 Å². The van der Waals surface area contributed by atoms with E-state index < -0.39 is 0 Å². The maximum Gasteiger partial charge on any atom is 0.131 e. The van der Waals surface area contributed by atoms with Crippen molar-refractivity contribution in [1.29, 1.82) is 5.26 Å². The Morgan fingerprint density at radius 3 is 2.62 bits per heavy atom. The van der Waals surface area contributed by atoms with Gasteiger partial charge in [-0.2, -0.15) is 5.26 Å². The normalized spacial score (nSPS) is 10.2. The van der Waals surface area contributed by atoms with Gasteiger partial charge in [0.05, 0.1) is 18.0 Å². The van der Waals surface area contributed by atoms with Crippen molar-refractivity contribution < 1.29 is 0 Å². The quantitative estimate of drug-likeness (QED) is 0.715. The van der Waals surface area contributed by atoms with Gasteiger partial charge < -0.3 is 11.1 Å². The molecule has 0 bridgehead atoms. The molecule has 21 heavy (non-hydrogen) atoms. The van der Waals surface area contributed by atoms with Gasteiger partial charge in [0.15, 0.2) is 0 Å². The Morgan fingerprint density at radius 2 is 1.86 bits per heavy atom. The molecule has 0 radical (unpaired) electrons. The van der Waals surface area contributed by atoms with Crippen molar-refractivity contribution in [3.05, 3.63) is 60.2 Å². The lowest BCUT2D eigenvalue weighted by Crippen LogP contribution is -1.94. The summed E-state index contributed by atoms with van der Waals surface area (Å²) in [5.41, 5.74) is 9.34. The van der Waals surface area contributed by atoms with Crippen molar-refractivity contribution in [1.82, 2.24) is 4.98 Å². The molecule has 0 aliphatic heterocycles. The van der Waals surface area contributed by atoms with Crippen LogP contribution >= 0.6 is 0 Å². The van der Waals surface area contributed by atoms with Gasteiger partial charge in [-0.15, -0.1) is 0 Å². The molecule has 1 aromatic heterocycles. The molecule has 3 aromatic rings. The van der Waals surface area contributed by atoms with Crippen LogP contribution in [0.5, 0.6) is 0 Å². The molecule has 4 heteroatoms. The van der Waals surface area contributed by atoms with E-state index in [2.05, 4.69) is 16.4 Å². The topological polar surface area (TPSA) is 74.7 Å². The molecule has 0 aliphatic rings. The first kappa shape index (κ1) is 12.9. The highest BCUT2D eigenvalue weighted by molar-refractivity contribution is 5.83. The summed E-state index contributed by atoms with van der Waals surface area (Å²) in [6, 6.07) is 19.5. The Kier molecular flexibility index (Phi) is 3.40. The van der Waals surface area contributed by atoms with Crippen LogP contribution in [0.25, 0.3) is 10.9 Å². The third kappa shape index (κ3) is 2.93. The second kappa shape index (κ2) is 5.51. The van der Waals surface area contributed by atoms with Crippen LogP contribution in [-0.2, 0) is 6.42 Å². The van der Waals surface area contributed by atoms with Crippen LogP contribution in [0.1, 0.15) is 5.56 Å². The van der Waals surface area contributed by atoms with Crippen LogP contribution < -0.4 is 11.1 Å². The molecule has 0 atom stereocenters. The molecule has 2 aromatic carbocycles. The van der Waals surface area contributed by atoms with Gasteiger partial charge in [0.2, 0.25) is 0 Å². The Hall–Kier alpha value is -3.06. The molecule has 3 N–H and O–H groups in total. The van der Waals surface area contributed by atoms with E-state index in [0.29, 0.717) is 6.42 Å². The Balaban J connectivity index is 1.84. The number of nitrogen functional groups attached to an aromatic ring is 1. The minimum absolute atomic E-state index is 0.427. The summed E-state index contributed by atoms with van der Waals surface area (Å²) in [7, 11) is 0. The van der Waals surface area contributed by atoms with E-state index >= 15 is 0 Å². The summed E-state index contributed by atoms with van der Waals surface area (Å²) in [6.45, 7) is 0. The van der Waals surface area contributed by atoms with E-state index in [4.69, 9.17) is 11.0 Å². The van der Waals surface area contributed by atoms with Crippen LogP contribution in [0.4, 0.5) is 17.2 Å². The summed E-state index contributed by atoms with van der Waals surface area (Å²) in [5, 5.41) is 12.9. The Morgan fingerprint density at radius 1 is 1.05 bits per heavy atom. The van der Waals surface area contributed by atoms with Gasteiger partial charge in [-0.1, -0.05) is 12.1 Å². The number of nitriles is 1. The van der Waals surface area contributed by atoms with E-state index in [9.17, 15) is 0 Å². The second-order valence-electron chi connectivity index (χ2n) is 4.81. The fourth-order valence-corrected chi connectivity index (χ4v) is 2.16. The molecule has 102 valence electrons. The number of pyridine rings is 1. The molecule has 0 saturated heterocycles. The number of hydrogen-bond acceptors (Lipinski definition) is 4. The minimum Gasteiger partial charge on any atom is -0.399 e. The van der Waals surface area contributed by atoms with Gasteiger partial charge in [-0.25, -0.2) is 4.98 Å². The number of nitrogens with zero attached hydrogens (tertiary/aromatic N) is 2. The number of nitrogens with two attached hydrogens (primary N) is 1. The molecule has 0 fully saturated rings. The largest absolute Gasteiger partial charge is 0.399 e. The molecular weight excluding hydrogens is 260 g/mol. The van der Waals surface area contributed by atoms with Crippen LogP contribution in [0, 0.1) is 11.3 Å². The van der Waals surface area contributed by atoms with Gasteiger partial charge in [0.25, 0.3) is 0 Å². The van der Waals surface area contributed by atoms with E-state index in [1.54, 1.807) is 0 Å². The van der Waals surface area contributed by atoms with E-state index in [0.717, 1.165) is 33.7 Å². The van der Waals surface area contributed by atoms with Crippen molar-refractivity contribution in [2.45, 2.75) is 6.42 Å². The molecular formula is C17H14N4. The third-order valence-corrected chi connectivity index (χ3v) is 3.22. The zero-order valence-corrected chi connectivity index (χ0v) is 11.4. The van der Waals surface area contributed by atoms with Crippen LogP contribution in [0.3, 0.4) is 0 Å². The zero-order chi connectivity index (χ0) is 14.7. The predicted molar refractivity (Wildman–Crippen MR) is 85.2 cm³/mol. The number of anilines is 3. The van der Waals surface area contributed by atoms with Crippen molar-refractivity contribution in [2.24, 2.45) is 0 Å². The number of benzene rings is 2. The maximum absolute atomic E-state index is 8.66. The average Bonchev–Trinajstić information content (AvgIpc) is 2.50. The van der Waals surface area contributed by atoms with E-state index in [1.807, 2.05) is 54.6 Å². The molecule has 3 rings (SSSR count). The smallest absolute Gasteiger partial charge is 0.131 e. The van der Waals surface area contributed by atoms with E-state index in [-0.39, 0.29) is 0 Å². The SMILES string of the molecule is N#CCc1ccc(Nc2ccc3cc(N)ccc3n2)cc1. The third-order valence-electron chi connectivity index (χ3n) is 3.22. The van der Waals surface area contributed by atoms with Crippen LogP contribution in [0.2, 0.25) is 0 Å². The van der Waals surface area contributed by atoms with Crippen molar-refractivity contribution in [3.63, 3.8) is 0 Å². The molecule has 1 heterocycles. The number of aromatic nitrogens is 1. The van der Waals surface area contributed by atoms with Gasteiger partial charge in [-0.3, -0.25) is 0 Å². The highest BCUT2D eigenvalue weighted by Crippen LogP contribution is 2.21. The summed E-state index contributed by atoms with van der Waals surface area (Å²) in [5.74, 6) is 0.778. The summed E-state index contributed by atoms with van der Waals surface area (Å²) < 4.78 is 0. The van der Waals surface area contributed by atoms with Crippen molar-refractivity contribution >= 4 is 28.1 Å². The molecule has 4 nitrogen and oxygen atoms in total. The van der Waals surface area contributed by atoms with Crippen LogP contribution in [0.15, 0.2) is 54.6 Å². The van der Waals surface area contributed by atoms with Crippen molar-refractivity contribution in [2.75, 3.05) is 11.1 Å². The standard InChI is InChI=1S/C17H14N4/c18-10-9-12-1-5-15(6-2-12)20-17-8-3-13-11-14(19)4-7-16(13)21-17/h1-8,11H,9,19H2,(H,20,21). The number of fused-ring (bicyclic) bond motifs is 1. The second-order valence-corrected chi connectivity index (χ2v) is 4.81. The first-order chi connectivity index (χ1) is 10.2. The molecule has 0 aliphatic carbocycles. The van der Waals surface area contributed by atoms with Gasteiger partial charge in [-0.05, 0) is 48.0 Å². The average molecular weight is 274 g/mol. The molecule has 0 spiro atoms.